The molecule has 3 N–H and O–H groups in total. The van der Waals surface area contributed by atoms with Crippen molar-refractivity contribution in [2.24, 2.45) is 0 Å². The molecule has 0 radical (unpaired) electrons. The summed E-state index contributed by atoms with van der Waals surface area (Å²) in [4.78, 5) is 10.8. The molecule has 0 aromatic heterocycles. The largest absolute Gasteiger partial charge is 0.480 e. The number of carbonyl (C=O) groups is 1. The summed E-state index contributed by atoms with van der Waals surface area (Å²) in [6.45, 7) is 1.06. The number of fused-ring (bicyclic) bond motifs is 1. The van der Waals surface area contributed by atoms with Gasteiger partial charge in [-0.05, 0) is 29.4 Å². The second-order valence-electron chi connectivity index (χ2n) is 4.49. The van der Waals surface area contributed by atoms with Gasteiger partial charge in [-0.1, -0.05) is 36.4 Å². The molecular formula is C15H18N2O2. The third-order valence-corrected chi connectivity index (χ3v) is 3.14. The lowest BCUT2D eigenvalue weighted by Crippen LogP contribution is -2.42. The number of likely N-dealkylation sites (N-methyl/N-ethyl adjacent to an activating group) is 1. The molecule has 0 amide bonds. The Kier molecular flexibility index (Phi) is 4.49. The molecule has 0 spiro atoms. The van der Waals surface area contributed by atoms with E-state index in [9.17, 15) is 4.79 Å². The zero-order chi connectivity index (χ0) is 13.7. The van der Waals surface area contributed by atoms with E-state index in [1.807, 2.05) is 12.1 Å². The van der Waals surface area contributed by atoms with Crippen LogP contribution >= 0.6 is 0 Å². The topological polar surface area (TPSA) is 61.4 Å². The summed E-state index contributed by atoms with van der Waals surface area (Å²) >= 11 is 0. The smallest absolute Gasteiger partial charge is 0.322 e. The zero-order valence-electron chi connectivity index (χ0n) is 10.9. The number of aliphatic carboxylic acids is 1. The molecule has 2 aromatic carbocycles. The van der Waals surface area contributed by atoms with E-state index in [0.717, 1.165) is 5.56 Å². The molecule has 0 fully saturated rings. The number of carboxylic acids is 1. The van der Waals surface area contributed by atoms with Gasteiger partial charge in [-0.25, -0.2) is 0 Å². The van der Waals surface area contributed by atoms with E-state index in [-0.39, 0.29) is 0 Å². The predicted octanol–water partition coefficient (Wildman–Crippen LogP) is 1.60. The minimum absolute atomic E-state index is 0.401. The van der Waals surface area contributed by atoms with Crippen LogP contribution in [0.15, 0.2) is 42.5 Å². The van der Waals surface area contributed by atoms with Crippen molar-refractivity contribution in [3.63, 3.8) is 0 Å². The molecule has 0 bridgehead atoms. The fourth-order valence-corrected chi connectivity index (χ4v) is 2.02. The van der Waals surface area contributed by atoms with Crippen molar-refractivity contribution in [3.8, 4) is 0 Å². The van der Waals surface area contributed by atoms with Crippen LogP contribution in [0, 0.1) is 0 Å². The number of nitrogens with one attached hydrogen (secondary N) is 2. The standard InChI is InChI=1S/C15H18N2O2/c1-16-14(15(18)19)10-17-9-11-6-7-12-4-2-3-5-13(12)8-11/h2-8,14,16-17H,9-10H2,1H3,(H,18,19). The average molecular weight is 258 g/mol. The van der Waals surface area contributed by atoms with Gasteiger partial charge in [0, 0.05) is 13.1 Å². The van der Waals surface area contributed by atoms with Crippen molar-refractivity contribution in [2.75, 3.05) is 13.6 Å². The number of benzene rings is 2. The molecule has 1 unspecified atom stereocenters. The highest BCUT2D eigenvalue weighted by molar-refractivity contribution is 5.82. The monoisotopic (exact) mass is 258 g/mol. The maximum Gasteiger partial charge on any atom is 0.322 e. The fraction of sp³-hybridized carbons (Fsp3) is 0.267. The maximum absolute atomic E-state index is 10.8. The van der Waals surface area contributed by atoms with Gasteiger partial charge in [-0.2, -0.15) is 0 Å². The van der Waals surface area contributed by atoms with Gasteiger partial charge in [-0.3, -0.25) is 4.79 Å². The minimum Gasteiger partial charge on any atom is -0.480 e. The lowest BCUT2D eigenvalue weighted by Gasteiger charge is -2.12. The molecule has 0 aliphatic carbocycles. The molecule has 1 atom stereocenters. The number of hydrogen-bond acceptors (Lipinski definition) is 3. The molecule has 0 aliphatic rings. The van der Waals surface area contributed by atoms with E-state index in [1.54, 1.807) is 7.05 Å². The maximum atomic E-state index is 10.8. The fourth-order valence-electron chi connectivity index (χ4n) is 2.02. The summed E-state index contributed by atoms with van der Waals surface area (Å²) in [6.07, 6.45) is 0. The Bertz CT molecular complexity index is 569. The number of rotatable bonds is 6. The summed E-state index contributed by atoms with van der Waals surface area (Å²) in [5, 5.41) is 17.2. The average Bonchev–Trinajstić information content (AvgIpc) is 2.43. The molecule has 19 heavy (non-hydrogen) atoms. The Morgan fingerprint density at radius 3 is 2.63 bits per heavy atom. The second kappa shape index (κ2) is 6.31. The van der Waals surface area contributed by atoms with Gasteiger partial charge < -0.3 is 15.7 Å². The van der Waals surface area contributed by atoms with Crippen molar-refractivity contribution >= 4 is 16.7 Å². The predicted molar refractivity (Wildman–Crippen MR) is 76.1 cm³/mol. The van der Waals surface area contributed by atoms with Crippen LogP contribution in [-0.4, -0.2) is 30.7 Å². The first kappa shape index (κ1) is 13.5. The van der Waals surface area contributed by atoms with E-state index >= 15 is 0 Å². The minimum atomic E-state index is -0.839. The van der Waals surface area contributed by atoms with Gasteiger partial charge in [0.2, 0.25) is 0 Å². The zero-order valence-corrected chi connectivity index (χ0v) is 10.9. The van der Waals surface area contributed by atoms with Crippen molar-refractivity contribution in [2.45, 2.75) is 12.6 Å². The Labute approximate surface area is 112 Å². The highest BCUT2D eigenvalue weighted by Crippen LogP contribution is 2.15. The first-order valence-corrected chi connectivity index (χ1v) is 6.29. The molecule has 100 valence electrons. The van der Waals surface area contributed by atoms with Crippen LogP contribution in [0.25, 0.3) is 10.8 Å². The Balaban J connectivity index is 1.96. The number of hydrogen-bond donors (Lipinski definition) is 3. The highest BCUT2D eigenvalue weighted by Gasteiger charge is 2.13. The molecule has 2 aromatic rings. The van der Waals surface area contributed by atoms with Crippen LogP contribution in [0.4, 0.5) is 0 Å². The van der Waals surface area contributed by atoms with E-state index in [0.29, 0.717) is 13.1 Å². The SMILES string of the molecule is CNC(CNCc1ccc2ccccc2c1)C(=O)O. The lowest BCUT2D eigenvalue weighted by molar-refractivity contribution is -0.139. The first-order valence-electron chi connectivity index (χ1n) is 6.29. The molecule has 4 heteroatoms. The van der Waals surface area contributed by atoms with E-state index < -0.39 is 12.0 Å². The van der Waals surface area contributed by atoms with Gasteiger partial charge in [0.15, 0.2) is 0 Å². The Hall–Kier alpha value is -1.91. The summed E-state index contributed by atoms with van der Waals surface area (Å²) in [6, 6.07) is 13.9. The Morgan fingerprint density at radius 2 is 1.95 bits per heavy atom. The van der Waals surface area contributed by atoms with Crippen LogP contribution < -0.4 is 10.6 Å². The molecule has 0 saturated carbocycles. The van der Waals surface area contributed by atoms with Crippen LogP contribution in [0.2, 0.25) is 0 Å². The van der Waals surface area contributed by atoms with Crippen molar-refractivity contribution in [1.29, 1.82) is 0 Å². The third kappa shape index (κ3) is 3.53. The summed E-state index contributed by atoms with van der Waals surface area (Å²) in [5.74, 6) is -0.839. The van der Waals surface area contributed by atoms with Gasteiger partial charge in [0.05, 0.1) is 0 Å². The van der Waals surface area contributed by atoms with Crippen LogP contribution in [-0.2, 0) is 11.3 Å². The summed E-state index contributed by atoms with van der Waals surface area (Å²) in [5.41, 5.74) is 1.15. The van der Waals surface area contributed by atoms with E-state index in [4.69, 9.17) is 5.11 Å². The van der Waals surface area contributed by atoms with E-state index in [1.165, 1.54) is 10.8 Å². The second-order valence-corrected chi connectivity index (χ2v) is 4.49. The van der Waals surface area contributed by atoms with Gasteiger partial charge >= 0.3 is 5.97 Å². The van der Waals surface area contributed by atoms with Crippen molar-refractivity contribution in [1.82, 2.24) is 10.6 Å². The normalized spacial score (nSPS) is 12.5. The van der Waals surface area contributed by atoms with Crippen molar-refractivity contribution in [3.05, 3.63) is 48.0 Å². The third-order valence-electron chi connectivity index (χ3n) is 3.14. The summed E-state index contributed by atoms with van der Waals surface area (Å²) in [7, 11) is 1.65. The van der Waals surface area contributed by atoms with Crippen LogP contribution in [0.1, 0.15) is 5.56 Å². The van der Waals surface area contributed by atoms with Gasteiger partial charge in [0.1, 0.15) is 6.04 Å². The molecule has 0 aliphatic heterocycles. The molecule has 0 saturated heterocycles. The highest BCUT2D eigenvalue weighted by atomic mass is 16.4. The molecule has 4 nitrogen and oxygen atoms in total. The first-order chi connectivity index (χ1) is 9.20. The van der Waals surface area contributed by atoms with E-state index in [2.05, 4.69) is 41.0 Å². The molecule has 2 rings (SSSR count). The van der Waals surface area contributed by atoms with Crippen molar-refractivity contribution < 1.29 is 9.90 Å². The Morgan fingerprint density at radius 1 is 1.21 bits per heavy atom. The summed E-state index contributed by atoms with van der Waals surface area (Å²) < 4.78 is 0. The quantitative estimate of drug-likeness (QED) is 0.736. The molecule has 0 heterocycles. The van der Waals surface area contributed by atoms with Crippen LogP contribution in [0.5, 0.6) is 0 Å². The van der Waals surface area contributed by atoms with Gasteiger partial charge in [0.25, 0.3) is 0 Å². The lowest BCUT2D eigenvalue weighted by atomic mass is 10.1. The van der Waals surface area contributed by atoms with Crippen LogP contribution in [0.3, 0.4) is 0 Å². The molecular weight excluding hydrogens is 240 g/mol. The number of carboxylic acid groups (broad SMARTS) is 1. The van der Waals surface area contributed by atoms with Gasteiger partial charge in [-0.15, -0.1) is 0 Å².